The van der Waals surface area contributed by atoms with E-state index in [0.29, 0.717) is 10.6 Å². The maximum Gasteiger partial charge on any atom is 0.269 e. The van der Waals surface area contributed by atoms with Crippen molar-refractivity contribution in [1.82, 2.24) is 5.43 Å². The Hall–Kier alpha value is -2.64. The Balaban J connectivity index is 1.97. The lowest BCUT2D eigenvalue weighted by Crippen LogP contribution is -2.19. The quantitative estimate of drug-likeness (QED) is 0.480. The normalized spacial score (nSPS) is 10.8. The predicted octanol–water partition coefficient (Wildman–Crippen LogP) is 3.30. The van der Waals surface area contributed by atoms with Crippen molar-refractivity contribution in [1.29, 1.82) is 0 Å². The average molecular weight is 368 g/mol. The number of benzene rings is 2. The summed E-state index contributed by atoms with van der Waals surface area (Å²) >= 11 is 11.6. The van der Waals surface area contributed by atoms with Gasteiger partial charge in [-0.25, -0.2) is 5.43 Å². The molecule has 0 aliphatic carbocycles. The van der Waals surface area contributed by atoms with Gasteiger partial charge in [0, 0.05) is 22.7 Å². The number of carbonyl (C=O) groups excluding carboxylic acids is 1. The zero-order valence-corrected chi connectivity index (χ0v) is 13.6. The van der Waals surface area contributed by atoms with Crippen LogP contribution in [0.15, 0.2) is 41.5 Å². The first-order chi connectivity index (χ1) is 11.4. The van der Waals surface area contributed by atoms with Crippen molar-refractivity contribution >= 4 is 41.0 Å². The lowest BCUT2D eigenvalue weighted by Gasteiger charge is -2.03. The summed E-state index contributed by atoms with van der Waals surface area (Å²) in [4.78, 5) is 21.8. The van der Waals surface area contributed by atoms with Gasteiger partial charge in [0.15, 0.2) is 0 Å². The molecule has 9 heteroatoms. The largest absolute Gasteiger partial charge is 0.506 e. The predicted molar refractivity (Wildman–Crippen MR) is 90.7 cm³/mol. The molecule has 24 heavy (non-hydrogen) atoms. The molecule has 0 atom stereocenters. The highest BCUT2D eigenvalue weighted by atomic mass is 35.5. The lowest BCUT2D eigenvalue weighted by atomic mass is 10.1. The van der Waals surface area contributed by atoms with Crippen molar-refractivity contribution in [3.8, 4) is 5.75 Å². The van der Waals surface area contributed by atoms with Crippen LogP contribution in [0.25, 0.3) is 0 Å². The fraction of sp³-hybridized carbons (Fsp3) is 0.0667. The number of nitrogens with one attached hydrogen (secondary N) is 1. The van der Waals surface area contributed by atoms with E-state index in [9.17, 15) is 20.0 Å². The maximum absolute atomic E-state index is 11.8. The molecule has 2 rings (SSSR count). The van der Waals surface area contributed by atoms with Gasteiger partial charge < -0.3 is 5.11 Å². The second-order valence-electron chi connectivity index (χ2n) is 4.72. The van der Waals surface area contributed by atoms with Gasteiger partial charge in [0.2, 0.25) is 5.91 Å². The molecule has 1 amide bonds. The first-order valence-electron chi connectivity index (χ1n) is 6.60. The van der Waals surface area contributed by atoms with Gasteiger partial charge in [0.25, 0.3) is 5.69 Å². The minimum Gasteiger partial charge on any atom is -0.506 e. The first kappa shape index (κ1) is 17.7. The molecule has 2 aromatic carbocycles. The van der Waals surface area contributed by atoms with E-state index in [1.54, 1.807) is 0 Å². The summed E-state index contributed by atoms with van der Waals surface area (Å²) in [6.45, 7) is 0. The highest BCUT2D eigenvalue weighted by molar-refractivity contribution is 6.36. The minimum absolute atomic E-state index is 0.00236. The molecule has 0 fully saturated rings. The van der Waals surface area contributed by atoms with Crippen molar-refractivity contribution in [3.05, 3.63) is 67.7 Å². The van der Waals surface area contributed by atoms with E-state index in [-0.39, 0.29) is 28.4 Å². The number of nitro benzene ring substituents is 1. The van der Waals surface area contributed by atoms with Crippen LogP contribution in [0.5, 0.6) is 5.75 Å². The number of phenols is 1. The van der Waals surface area contributed by atoms with E-state index in [1.165, 1.54) is 42.6 Å². The molecule has 0 spiro atoms. The molecule has 0 aliphatic rings. The molecular weight excluding hydrogens is 357 g/mol. The Bertz CT molecular complexity index is 807. The van der Waals surface area contributed by atoms with Crippen LogP contribution in [0.4, 0.5) is 5.69 Å². The summed E-state index contributed by atoms with van der Waals surface area (Å²) in [5.41, 5.74) is 3.08. The summed E-state index contributed by atoms with van der Waals surface area (Å²) in [6.07, 6.45) is 1.21. The Morgan fingerprint density at radius 1 is 1.29 bits per heavy atom. The maximum atomic E-state index is 11.8. The molecule has 0 heterocycles. The van der Waals surface area contributed by atoms with Crippen LogP contribution in [0.2, 0.25) is 10.0 Å². The molecule has 0 aromatic heterocycles. The van der Waals surface area contributed by atoms with Gasteiger partial charge in [-0.2, -0.15) is 5.10 Å². The third-order valence-electron chi connectivity index (χ3n) is 2.96. The fourth-order valence-electron chi connectivity index (χ4n) is 1.82. The number of phenolic OH excluding ortho intramolecular Hbond substituents is 1. The number of hydrogen-bond acceptors (Lipinski definition) is 5. The number of aromatic hydroxyl groups is 1. The van der Waals surface area contributed by atoms with Gasteiger partial charge in [-0.05, 0) is 17.7 Å². The molecule has 0 bridgehead atoms. The molecule has 0 unspecified atom stereocenters. The third kappa shape index (κ3) is 4.68. The Morgan fingerprint density at radius 2 is 1.96 bits per heavy atom. The third-order valence-corrected chi connectivity index (χ3v) is 3.47. The minimum atomic E-state index is -0.517. The second-order valence-corrected chi connectivity index (χ2v) is 5.56. The fourth-order valence-corrected chi connectivity index (χ4v) is 2.33. The number of hydrogen-bond donors (Lipinski definition) is 2. The van der Waals surface area contributed by atoms with Crippen LogP contribution < -0.4 is 5.43 Å². The Labute approximate surface area is 146 Å². The second kappa shape index (κ2) is 7.76. The van der Waals surface area contributed by atoms with Gasteiger partial charge in [-0.3, -0.25) is 14.9 Å². The number of nitrogens with zero attached hydrogens (tertiary/aromatic N) is 2. The van der Waals surface area contributed by atoms with Gasteiger partial charge in [0.05, 0.1) is 22.6 Å². The zero-order chi connectivity index (χ0) is 17.7. The molecular formula is C15H11Cl2N3O4. The van der Waals surface area contributed by atoms with Crippen molar-refractivity contribution < 1.29 is 14.8 Å². The number of hydrazone groups is 1. The van der Waals surface area contributed by atoms with E-state index in [2.05, 4.69) is 10.5 Å². The van der Waals surface area contributed by atoms with Crippen molar-refractivity contribution in [2.24, 2.45) is 5.10 Å². The summed E-state index contributed by atoms with van der Waals surface area (Å²) in [5, 5.41) is 24.4. The molecule has 124 valence electrons. The average Bonchev–Trinajstić information content (AvgIpc) is 2.52. The Kier molecular flexibility index (Phi) is 5.73. The summed E-state index contributed by atoms with van der Waals surface area (Å²) in [6, 6.07) is 8.43. The van der Waals surface area contributed by atoms with Crippen LogP contribution in [0, 0.1) is 10.1 Å². The highest BCUT2D eigenvalue weighted by Gasteiger charge is 2.08. The molecule has 2 N–H and O–H groups in total. The number of amides is 1. The van der Waals surface area contributed by atoms with E-state index < -0.39 is 10.8 Å². The van der Waals surface area contributed by atoms with Gasteiger partial charge in [-0.15, -0.1) is 0 Å². The van der Waals surface area contributed by atoms with Crippen LogP contribution in [-0.4, -0.2) is 22.2 Å². The Morgan fingerprint density at radius 3 is 2.58 bits per heavy atom. The van der Waals surface area contributed by atoms with E-state index >= 15 is 0 Å². The standard InChI is InChI=1S/C15H11Cl2N3O4/c16-11-6-10(15(22)13(17)7-11)8-18-19-14(21)5-9-1-3-12(4-2-9)20(23)24/h1-4,6-8,22H,5H2,(H,19,21)/b18-8+. The van der Waals surface area contributed by atoms with Crippen LogP contribution >= 0.6 is 23.2 Å². The molecule has 0 saturated heterocycles. The topological polar surface area (TPSA) is 105 Å². The highest BCUT2D eigenvalue weighted by Crippen LogP contribution is 2.29. The van der Waals surface area contributed by atoms with Crippen molar-refractivity contribution in [2.45, 2.75) is 6.42 Å². The lowest BCUT2D eigenvalue weighted by molar-refractivity contribution is -0.384. The first-order valence-corrected chi connectivity index (χ1v) is 7.35. The van der Waals surface area contributed by atoms with Crippen LogP contribution in [0.1, 0.15) is 11.1 Å². The number of halogens is 2. The zero-order valence-electron chi connectivity index (χ0n) is 12.1. The van der Waals surface area contributed by atoms with Crippen LogP contribution in [-0.2, 0) is 11.2 Å². The smallest absolute Gasteiger partial charge is 0.269 e. The number of non-ortho nitro benzene ring substituents is 1. The summed E-state index contributed by atoms with van der Waals surface area (Å²) < 4.78 is 0. The van der Waals surface area contributed by atoms with Gasteiger partial charge in [0.1, 0.15) is 5.75 Å². The van der Waals surface area contributed by atoms with E-state index in [4.69, 9.17) is 23.2 Å². The number of rotatable bonds is 5. The van der Waals surface area contributed by atoms with Crippen LogP contribution in [0.3, 0.4) is 0 Å². The van der Waals surface area contributed by atoms with Gasteiger partial charge >= 0.3 is 0 Å². The summed E-state index contributed by atoms with van der Waals surface area (Å²) in [5.74, 6) is -0.623. The van der Waals surface area contributed by atoms with Gasteiger partial charge in [-0.1, -0.05) is 35.3 Å². The monoisotopic (exact) mass is 367 g/mol. The van der Waals surface area contributed by atoms with Crippen molar-refractivity contribution in [2.75, 3.05) is 0 Å². The number of nitro groups is 1. The van der Waals surface area contributed by atoms with Crippen molar-refractivity contribution in [3.63, 3.8) is 0 Å². The SMILES string of the molecule is O=C(Cc1ccc([N+](=O)[O-])cc1)N/N=C/c1cc(Cl)cc(Cl)c1O. The molecule has 2 aromatic rings. The van der Waals surface area contributed by atoms with E-state index in [1.807, 2.05) is 0 Å². The molecule has 0 aliphatic heterocycles. The van der Waals surface area contributed by atoms with E-state index in [0.717, 1.165) is 0 Å². The molecule has 0 radical (unpaired) electrons. The molecule has 0 saturated carbocycles. The number of carbonyl (C=O) groups is 1. The molecule has 7 nitrogen and oxygen atoms in total. The summed E-state index contributed by atoms with van der Waals surface area (Å²) in [7, 11) is 0.